The standard InChI is InChI=1S/C30H22F2N4O4S2/c1-30(19-10-12-21(31)13-11-19,20-14-18(15-33-16-20)29-34-27-24(32)7-5-9-26(27)41-29)36(2)42(38,39)35-28(37)23-17-40-25-8-4-3-6-22(23)25/h3-17H,1-2H3,(H,35,37). The van der Waals surface area contributed by atoms with Gasteiger partial charge in [-0.3, -0.25) is 9.78 Å². The van der Waals surface area contributed by atoms with Crippen LogP contribution in [0.3, 0.4) is 0 Å². The van der Waals surface area contributed by atoms with E-state index in [1.54, 1.807) is 55.6 Å². The van der Waals surface area contributed by atoms with Crippen molar-refractivity contribution in [3.63, 3.8) is 0 Å². The van der Waals surface area contributed by atoms with Gasteiger partial charge in [-0.15, -0.1) is 11.3 Å². The highest BCUT2D eigenvalue weighted by atomic mass is 32.2. The smallest absolute Gasteiger partial charge is 0.304 e. The van der Waals surface area contributed by atoms with Gasteiger partial charge in [-0.1, -0.05) is 36.4 Å². The molecular formula is C30H22F2N4O4S2. The van der Waals surface area contributed by atoms with Crippen molar-refractivity contribution in [2.24, 2.45) is 0 Å². The van der Waals surface area contributed by atoms with Crippen LogP contribution in [0, 0.1) is 11.6 Å². The first-order chi connectivity index (χ1) is 20.1. The Morgan fingerprint density at radius 3 is 2.52 bits per heavy atom. The fraction of sp³-hybridized carbons (Fsp3) is 0.100. The van der Waals surface area contributed by atoms with E-state index in [1.807, 2.05) is 0 Å². The van der Waals surface area contributed by atoms with Crippen molar-refractivity contribution in [1.29, 1.82) is 0 Å². The molecule has 6 rings (SSSR count). The molecule has 0 fully saturated rings. The summed E-state index contributed by atoms with van der Waals surface area (Å²) < 4.78 is 65.0. The van der Waals surface area contributed by atoms with Gasteiger partial charge in [0.05, 0.1) is 15.8 Å². The Morgan fingerprint density at radius 2 is 1.76 bits per heavy atom. The van der Waals surface area contributed by atoms with Crippen LogP contribution in [0.15, 0.2) is 95.9 Å². The molecule has 42 heavy (non-hydrogen) atoms. The minimum Gasteiger partial charge on any atom is -0.463 e. The molecule has 212 valence electrons. The third kappa shape index (κ3) is 4.73. The van der Waals surface area contributed by atoms with E-state index in [0.717, 1.165) is 4.31 Å². The highest BCUT2D eigenvalue weighted by Crippen LogP contribution is 2.39. The lowest BCUT2D eigenvalue weighted by Crippen LogP contribution is -2.51. The summed E-state index contributed by atoms with van der Waals surface area (Å²) in [6.45, 7) is 1.62. The van der Waals surface area contributed by atoms with Crippen LogP contribution in [0.4, 0.5) is 8.78 Å². The molecule has 1 N–H and O–H groups in total. The molecule has 6 aromatic rings. The second-order valence-corrected chi connectivity index (χ2v) is 12.4. The molecule has 0 saturated heterocycles. The molecule has 12 heteroatoms. The molecule has 0 spiro atoms. The van der Waals surface area contributed by atoms with Crippen LogP contribution < -0.4 is 4.72 Å². The van der Waals surface area contributed by atoms with E-state index in [-0.39, 0.29) is 11.1 Å². The molecule has 0 aliphatic rings. The Morgan fingerprint density at radius 1 is 1.00 bits per heavy atom. The molecule has 0 saturated carbocycles. The number of nitrogens with zero attached hydrogens (tertiary/aromatic N) is 3. The fourth-order valence-electron chi connectivity index (χ4n) is 4.80. The third-order valence-electron chi connectivity index (χ3n) is 7.26. The maximum atomic E-state index is 14.4. The number of nitrogens with one attached hydrogen (secondary N) is 1. The summed E-state index contributed by atoms with van der Waals surface area (Å²) >= 11 is 1.26. The number of halogens is 2. The fourth-order valence-corrected chi connectivity index (χ4v) is 6.93. The average Bonchev–Trinajstić information content (AvgIpc) is 3.62. The molecule has 0 radical (unpaired) electrons. The lowest BCUT2D eigenvalue weighted by molar-refractivity contribution is 0.0978. The van der Waals surface area contributed by atoms with Gasteiger partial charge >= 0.3 is 10.2 Å². The van der Waals surface area contributed by atoms with Crippen molar-refractivity contribution < 1.29 is 26.4 Å². The van der Waals surface area contributed by atoms with Gasteiger partial charge in [0.2, 0.25) is 0 Å². The van der Waals surface area contributed by atoms with Crippen molar-refractivity contribution in [2.75, 3.05) is 7.05 Å². The van der Waals surface area contributed by atoms with Gasteiger partial charge in [-0.05, 0) is 54.4 Å². The summed E-state index contributed by atoms with van der Waals surface area (Å²) in [5.74, 6) is -1.84. The minimum atomic E-state index is -4.51. The first-order valence-electron chi connectivity index (χ1n) is 12.6. The highest BCUT2D eigenvalue weighted by Gasteiger charge is 2.42. The molecule has 8 nitrogen and oxygen atoms in total. The van der Waals surface area contributed by atoms with Crippen LogP contribution in [0.1, 0.15) is 28.4 Å². The van der Waals surface area contributed by atoms with Crippen molar-refractivity contribution >= 4 is 48.6 Å². The zero-order valence-corrected chi connectivity index (χ0v) is 23.8. The first kappa shape index (κ1) is 27.6. The normalized spacial score (nSPS) is 13.5. The average molecular weight is 605 g/mol. The summed E-state index contributed by atoms with van der Waals surface area (Å²) in [5.41, 5.74) is 0.565. The van der Waals surface area contributed by atoms with Gasteiger partial charge in [0.25, 0.3) is 5.91 Å². The van der Waals surface area contributed by atoms with Crippen molar-refractivity contribution in [2.45, 2.75) is 12.5 Å². The summed E-state index contributed by atoms with van der Waals surface area (Å²) in [5, 5.41) is 0.940. The molecular weight excluding hydrogens is 582 g/mol. The van der Waals surface area contributed by atoms with Gasteiger partial charge in [0.1, 0.15) is 34.0 Å². The monoisotopic (exact) mass is 604 g/mol. The van der Waals surface area contributed by atoms with Crippen molar-refractivity contribution in [3.05, 3.63) is 120 Å². The van der Waals surface area contributed by atoms with Crippen LogP contribution in [0.5, 0.6) is 0 Å². The number of fused-ring (bicyclic) bond motifs is 2. The van der Waals surface area contributed by atoms with Gasteiger partial charge < -0.3 is 4.42 Å². The molecule has 1 unspecified atom stereocenters. The number of rotatable bonds is 7. The predicted octanol–water partition coefficient (Wildman–Crippen LogP) is 6.25. The zero-order valence-electron chi connectivity index (χ0n) is 22.2. The van der Waals surface area contributed by atoms with Crippen LogP contribution >= 0.6 is 11.3 Å². The summed E-state index contributed by atoms with van der Waals surface area (Å²) in [6.07, 6.45) is 4.23. The molecule has 0 aliphatic heterocycles. The second kappa shape index (κ2) is 10.4. The Labute approximate surface area is 243 Å². The molecule has 0 aliphatic carbocycles. The Kier molecular flexibility index (Phi) is 6.84. The van der Waals surface area contributed by atoms with E-state index >= 15 is 0 Å². The summed E-state index contributed by atoms with van der Waals surface area (Å²) in [4.78, 5) is 21.9. The van der Waals surface area contributed by atoms with Crippen LogP contribution in [-0.2, 0) is 15.7 Å². The summed E-state index contributed by atoms with van der Waals surface area (Å²) in [7, 11) is -3.20. The van der Waals surface area contributed by atoms with Crippen LogP contribution in [0.2, 0.25) is 0 Å². The lowest BCUT2D eigenvalue weighted by atomic mass is 9.85. The van der Waals surface area contributed by atoms with Gasteiger partial charge in [-0.2, -0.15) is 12.7 Å². The van der Waals surface area contributed by atoms with Crippen molar-refractivity contribution in [1.82, 2.24) is 19.0 Å². The number of carbonyl (C=O) groups excluding carboxylic acids is 1. The predicted molar refractivity (Wildman–Crippen MR) is 156 cm³/mol. The quantitative estimate of drug-likeness (QED) is 0.231. The maximum Gasteiger partial charge on any atom is 0.304 e. The van der Waals surface area contributed by atoms with E-state index < -0.39 is 33.3 Å². The lowest BCUT2D eigenvalue weighted by Gasteiger charge is -2.38. The van der Waals surface area contributed by atoms with E-state index in [9.17, 15) is 22.0 Å². The Bertz CT molecular complexity index is 2080. The Balaban J connectivity index is 1.42. The second-order valence-electron chi connectivity index (χ2n) is 9.70. The topological polar surface area (TPSA) is 105 Å². The molecule has 1 amide bonds. The number of aromatic nitrogens is 2. The van der Waals surface area contributed by atoms with E-state index in [0.29, 0.717) is 37.4 Å². The van der Waals surface area contributed by atoms with Crippen molar-refractivity contribution in [3.8, 4) is 10.6 Å². The number of benzene rings is 3. The van der Waals surface area contributed by atoms with E-state index in [4.69, 9.17) is 4.42 Å². The van der Waals surface area contributed by atoms with Crippen LogP contribution in [0.25, 0.3) is 31.8 Å². The highest BCUT2D eigenvalue weighted by molar-refractivity contribution is 7.87. The zero-order chi connectivity index (χ0) is 29.6. The van der Waals surface area contributed by atoms with Gasteiger partial charge in [0, 0.05) is 30.4 Å². The number of pyridine rings is 1. The molecule has 0 bridgehead atoms. The number of thiazole rings is 1. The van der Waals surface area contributed by atoms with E-state index in [2.05, 4.69) is 14.7 Å². The SMILES string of the molecule is CN(C(C)(c1ccc(F)cc1)c1cncc(-c2nc3c(F)cccc3s2)c1)S(=O)(=O)NC(=O)c1coc2ccccc12. The molecule has 3 aromatic carbocycles. The van der Waals surface area contributed by atoms with E-state index in [1.165, 1.54) is 61.2 Å². The maximum absolute atomic E-state index is 14.4. The number of amides is 1. The number of hydrogen-bond donors (Lipinski definition) is 1. The molecule has 1 atom stereocenters. The number of furan rings is 1. The van der Waals surface area contributed by atoms with Gasteiger partial charge in [-0.25, -0.2) is 18.5 Å². The molecule has 3 aromatic heterocycles. The third-order valence-corrected chi connectivity index (χ3v) is 9.86. The largest absolute Gasteiger partial charge is 0.463 e. The van der Waals surface area contributed by atoms with Crippen LogP contribution in [-0.4, -0.2) is 35.6 Å². The molecule has 3 heterocycles. The number of para-hydroxylation sites is 2. The first-order valence-corrected chi connectivity index (χ1v) is 14.9. The van der Waals surface area contributed by atoms with Gasteiger partial charge in [0.15, 0.2) is 0 Å². The minimum absolute atomic E-state index is 0.0535. The summed E-state index contributed by atoms with van der Waals surface area (Å²) in [6, 6.07) is 18.5. The number of carbonyl (C=O) groups is 1. The number of hydrogen-bond acceptors (Lipinski definition) is 7. The Hall–Kier alpha value is -4.52.